The van der Waals surface area contributed by atoms with Crippen LogP contribution in [-0.2, 0) is 9.59 Å². The standard InChI is InChI=1S/C13H27N3O2/c1-5-7-8-14-12(17)9-16(6-2)10-13(18)15-11(3)4/h11H,5-10H2,1-4H3,(H,14,17)(H,15,18). The normalized spacial score (nSPS) is 10.8. The Labute approximate surface area is 110 Å². The highest BCUT2D eigenvalue weighted by atomic mass is 16.2. The molecular formula is C13H27N3O2. The lowest BCUT2D eigenvalue weighted by Gasteiger charge is -2.20. The van der Waals surface area contributed by atoms with Gasteiger partial charge in [0.25, 0.3) is 0 Å². The van der Waals surface area contributed by atoms with Crippen molar-refractivity contribution in [3.8, 4) is 0 Å². The van der Waals surface area contributed by atoms with Crippen LogP contribution in [0.1, 0.15) is 40.5 Å². The number of hydrogen-bond acceptors (Lipinski definition) is 3. The third-order valence-electron chi connectivity index (χ3n) is 2.48. The summed E-state index contributed by atoms with van der Waals surface area (Å²) in [6.45, 7) is 9.83. The average molecular weight is 257 g/mol. The van der Waals surface area contributed by atoms with Crippen molar-refractivity contribution in [2.24, 2.45) is 0 Å². The lowest BCUT2D eigenvalue weighted by Crippen LogP contribution is -2.44. The molecule has 2 amide bonds. The largest absolute Gasteiger partial charge is 0.355 e. The second kappa shape index (κ2) is 9.88. The molecule has 0 unspecified atom stereocenters. The second-order valence-corrected chi connectivity index (χ2v) is 4.73. The average Bonchev–Trinajstić information content (AvgIpc) is 2.27. The van der Waals surface area contributed by atoms with E-state index in [1.54, 1.807) is 0 Å². The van der Waals surface area contributed by atoms with E-state index in [0.717, 1.165) is 12.8 Å². The van der Waals surface area contributed by atoms with E-state index in [1.165, 1.54) is 0 Å². The Balaban J connectivity index is 3.95. The Morgan fingerprint density at radius 2 is 1.72 bits per heavy atom. The van der Waals surface area contributed by atoms with Crippen molar-refractivity contribution in [2.45, 2.75) is 46.6 Å². The zero-order valence-electron chi connectivity index (χ0n) is 12.1. The molecule has 0 spiro atoms. The van der Waals surface area contributed by atoms with E-state index in [1.807, 2.05) is 25.7 Å². The van der Waals surface area contributed by atoms with E-state index in [4.69, 9.17) is 0 Å². The van der Waals surface area contributed by atoms with Crippen LogP contribution in [0.5, 0.6) is 0 Å². The molecule has 0 bridgehead atoms. The summed E-state index contributed by atoms with van der Waals surface area (Å²) in [5, 5.41) is 5.67. The molecule has 5 heteroatoms. The maximum absolute atomic E-state index is 11.6. The molecule has 0 fully saturated rings. The van der Waals surface area contributed by atoms with Crippen LogP contribution in [0.3, 0.4) is 0 Å². The molecule has 0 atom stereocenters. The number of amides is 2. The van der Waals surface area contributed by atoms with Crippen LogP contribution >= 0.6 is 0 Å². The van der Waals surface area contributed by atoms with Gasteiger partial charge in [-0.2, -0.15) is 0 Å². The first-order valence-corrected chi connectivity index (χ1v) is 6.78. The Morgan fingerprint density at radius 1 is 1.11 bits per heavy atom. The number of unbranched alkanes of at least 4 members (excludes halogenated alkanes) is 1. The summed E-state index contributed by atoms with van der Waals surface area (Å²) in [6.07, 6.45) is 2.06. The van der Waals surface area contributed by atoms with E-state index in [0.29, 0.717) is 13.1 Å². The summed E-state index contributed by atoms with van der Waals surface area (Å²) in [7, 11) is 0. The fourth-order valence-electron chi connectivity index (χ4n) is 1.51. The number of hydrogen-bond donors (Lipinski definition) is 2. The smallest absolute Gasteiger partial charge is 0.234 e. The molecule has 5 nitrogen and oxygen atoms in total. The zero-order valence-corrected chi connectivity index (χ0v) is 12.1. The molecule has 0 saturated heterocycles. The summed E-state index contributed by atoms with van der Waals surface area (Å²) >= 11 is 0. The SMILES string of the molecule is CCCCNC(=O)CN(CC)CC(=O)NC(C)C. The van der Waals surface area contributed by atoms with Gasteiger partial charge in [0.1, 0.15) is 0 Å². The molecule has 0 aliphatic rings. The number of nitrogens with zero attached hydrogens (tertiary/aromatic N) is 1. The van der Waals surface area contributed by atoms with Gasteiger partial charge in [0, 0.05) is 12.6 Å². The first-order valence-electron chi connectivity index (χ1n) is 6.78. The fraction of sp³-hybridized carbons (Fsp3) is 0.846. The summed E-state index contributed by atoms with van der Waals surface area (Å²) in [6, 6.07) is 0.134. The molecule has 0 radical (unpaired) electrons. The van der Waals surface area contributed by atoms with E-state index in [2.05, 4.69) is 17.6 Å². The molecule has 0 aliphatic carbocycles. The minimum atomic E-state index is -0.0341. The number of carbonyl (C=O) groups is 2. The number of nitrogens with one attached hydrogen (secondary N) is 2. The molecule has 0 aliphatic heterocycles. The minimum absolute atomic E-state index is 0.0114. The van der Waals surface area contributed by atoms with Crippen molar-refractivity contribution in [3.05, 3.63) is 0 Å². The third-order valence-corrected chi connectivity index (χ3v) is 2.48. The topological polar surface area (TPSA) is 61.4 Å². The van der Waals surface area contributed by atoms with E-state index < -0.39 is 0 Å². The molecule has 106 valence electrons. The van der Waals surface area contributed by atoms with Crippen LogP contribution in [0.25, 0.3) is 0 Å². The predicted octanol–water partition coefficient (Wildman–Crippen LogP) is 0.749. The van der Waals surface area contributed by atoms with Gasteiger partial charge in [0.15, 0.2) is 0 Å². The van der Waals surface area contributed by atoms with Crippen molar-refractivity contribution < 1.29 is 9.59 Å². The molecule has 0 aromatic heterocycles. The Kier molecular flexibility index (Phi) is 9.28. The number of carbonyl (C=O) groups excluding carboxylic acids is 2. The lowest BCUT2D eigenvalue weighted by atomic mass is 10.3. The van der Waals surface area contributed by atoms with Crippen LogP contribution in [0.15, 0.2) is 0 Å². The minimum Gasteiger partial charge on any atom is -0.355 e. The number of rotatable bonds is 9. The lowest BCUT2D eigenvalue weighted by molar-refractivity contribution is -0.125. The Hall–Kier alpha value is -1.10. The first kappa shape index (κ1) is 16.9. The molecular weight excluding hydrogens is 230 g/mol. The van der Waals surface area contributed by atoms with Gasteiger partial charge in [0.2, 0.25) is 11.8 Å². The van der Waals surface area contributed by atoms with Crippen LogP contribution in [0.2, 0.25) is 0 Å². The van der Waals surface area contributed by atoms with Crippen molar-refractivity contribution in [1.29, 1.82) is 0 Å². The molecule has 0 heterocycles. The quantitative estimate of drug-likeness (QED) is 0.599. The molecule has 0 aromatic carbocycles. The van der Waals surface area contributed by atoms with Gasteiger partial charge >= 0.3 is 0 Å². The van der Waals surface area contributed by atoms with Gasteiger partial charge < -0.3 is 10.6 Å². The van der Waals surface area contributed by atoms with Crippen LogP contribution in [0, 0.1) is 0 Å². The molecule has 0 aromatic rings. The van der Waals surface area contributed by atoms with Crippen molar-refractivity contribution >= 4 is 11.8 Å². The molecule has 0 rings (SSSR count). The molecule has 2 N–H and O–H groups in total. The molecule has 18 heavy (non-hydrogen) atoms. The van der Waals surface area contributed by atoms with Crippen molar-refractivity contribution in [3.63, 3.8) is 0 Å². The third kappa shape index (κ3) is 8.98. The first-order chi connectivity index (χ1) is 8.49. The van der Waals surface area contributed by atoms with E-state index in [9.17, 15) is 9.59 Å². The number of likely N-dealkylation sites (N-methyl/N-ethyl adjacent to an activating group) is 1. The van der Waals surface area contributed by atoms with Gasteiger partial charge in [-0.25, -0.2) is 0 Å². The zero-order chi connectivity index (χ0) is 14.0. The van der Waals surface area contributed by atoms with Crippen LogP contribution < -0.4 is 10.6 Å². The van der Waals surface area contributed by atoms with E-state index in [-0.39, 0.29) is 30.9 Å². The van der Waals surface area contributed by atoms with Gasteiger partial charge in [-0.05, 0) is 26.8 Å². The van der Waals surface area contributed by atoms with Gasteiger partial charge in [-0.15, -0.1) is 0 Å². The van der Waals surface area contributed by atoms with Crippen molar-refractivity contribution in [1.82, 2.24) is 15.5 Å². The molecule has 0 saturated carbocycles. The second-order valence-electron chi connectivity index (χ2n) is 4.73. The van der Waals surface area contributed by atoms with Crippen LogP contribution in [-0.4, -0.2) is 48.9 Å². The predicted molar refractivity (Wildman–Crippen MR) is 73.3 cm³/mol. The summed E-state index contributed by atoms with van der Waals surface area (Å²) in [4.78, 5) is 25.0. The van der Waals surface area contributed by atoms with Gasteiger partial charge in [-0.1, -0.05) is 20.3 Å². The maximum Gasteiger partial charge on any atom is 0.234 e. The highest BCUT2D eigenvalue weighted by Gasteiger charge is 2.13. The summed E-state index contributed by atoms with van der Waals surface area (Å²) < 4.78 is 0. The fourth-order valence-corrected chi connectivity index (χ4v) is 1.51. The monoisotopic (exact) mass is 257 g/mol. The van der Waals surface area contributed by atoms with E-state index >= 15 is 0 Å². The van der Waals surface area contributed by atoms with Gasteiger partial charge in [0.05, 0.1) is 13.1 Å². The highest BCUT2D eigenvalue weighted by Crippen LogP contribution is 1.90. The highest BCUT2D eigenvalue weighted by molar-refractivity contribution is 5.81. The van der Waals surface area contributed by atoms with Crippen molar-refractivity contribution in [2.75, 3.05) is 26.2 Å². The summed E-state index contributed by atoms with van der Waals surface area (Å²) in [5.41, 5.74) is 0. The van der Waals surface area contributed by atoms with Crippen LogP contribution in [0.4, 0.5) is 0 Å². The Bertz CT molecular complexity index is 255. The maximum atomic E-state index is 11.6. The van der Waals surface area contributed by atoms with Gasteiger partial charge in [-0.3, -0.25) is 14.5 Å². The summed E-state index contributed by atoms with van der Waals surface area (Å²) in [5.74, 6) is -0.0455. The Morgan fingerprint density at radius 3 is 2.22 bits per heavy atom.